The molecule has 0 bridgehead atoms. The first kappa shape index (κ1) is 14.9. The molecule has 0 aliphatic rings. The van der Waals surface area contributed by atoms with Crippen LogP contribution in [0.1, 0.15) is 25.7 Å². The normalized spacial score (nSPS) is 11.1. The molecule has 20 heavy (non-hydrogen) atoms. The Morgan fingerprint density at radius 1 is 1.40 bits per heavy atom. The van der Waals surface area contributed by atoms with Crippen LogP contribution in [-0.2, 0) is 5.88 Å². The molecule has 0 aliphatic carbocycles. The Hall–Kier alpha value is -1.47. The van der Waals surface area contributed by atoms with Crippen molar-refractivity contribution in [3.8, 4) is 11.4 Å². The molecule has 1 aromatic carbocycles. The van der Waals surface area contributed by atoms with Crippen molar-refractivity contribution in [1.29, 1.82) is 0 Å². The fourth-order valence-corrected chi connectivity index (χ4v) is 2.63. The minimum Gasteiger partial charge on any atom is -0.307 e. The number of benzene rings is 1. The smallest absolute Gasteiger partial charge is 0.271 e. The van der Waals surface area contributed by atoms with Gasteiger partial charge in [0.15, 0.2) is 5.82 Å². The van der Waals surface area contributed by atoms with E-state index in [0.29, 0.717) is 21.7 Å². The summed E-state index contributed by atoms with van der Waals surface area (Å²) in [5, 5.41) is 19.1. The molecule has 1 aromatic heterocycles. The topological polar surface area (TPSA) is 73.8 Å². The number of rotatable bonds is 4. The highest BCUT2D eigenvalue weighted by Crippen LogP contribution is 2.29. The van der Waals surface area contributed by atoms with Crippen LogP contribution in [0.4, 0.5) is 5.69 Å². The third kappa shape index (κ3) is 2.83. The zero-order valence-electron chi connectivity index (χ0n) is 10.9. The van der Waals surface area contributed by atoms with Crippen molar-refractivity contribution in [2.24, 2.45) is 0 Å². The SMILES string of the molecule is CC(C)n1c(CCl)nnc1-c1cc(Br)cc([N+](=O)[O-])c1. The van der Waals surface area contributed by atoms with Gasteiger partial charge in [0.2, 0.25) is 0 Å². The molecule has 2 aromatic rings. The van der Waals surface area contributed by atoms with Crippen molar-refractivity contribution in [2.45, 2.75) is 25.8 Å². The maximum absolute atomic E-state index is 10.9. The lowest BCUT2D eigenvalue weighted by molar-refractivity contribution is -0.384. The van der Waals surface area contributed by atoms with Crippen LogP contribution in [-0.4, -0.2) is 19.7 Å². The van der Waals surface area contributed by atoms with Crippen LogP contribution < -0.4 is 0 Å². The lowest BCUT2D eigenvalue weighted by Gasteiger charge is -2.13. The number of aromatic nitrogens is 3. The van der Waals surface area contributed by atoms with Crippen LogP contribution in [0.3, 0.4) is 0 Å². The second-order valence-corrected chi connectivity index (χ2v) is 5.68. The summed E-state index contributed by atoms with van der Waals surface area (Å²) in [6.07, 6.45) is 0. The van der Waals surface area contributed by atoms with E-state index in [0.717, 1.165) is 0 Å². The van der Waals surface area contributed by atoms with Crippen molar-refractivity contribution in [1.82, 2.24) is 14.8 Å². The fraction of sp³-hybridized carbons (Fsp3) is 0.333. The molecule has 106 valence electrons. The molecule has 0 N–H and O–H groups in total. The second kappa shape index (κ2) is 5.88. The molecule has 0 fully saturated rings. The van der Waals surface area contributed by atoms with E-state index in [-0.39, 0.29) is 17.6 Å². The largest absolute Gasteiger partial charge is 0.307 e. The van der Waals surface area contributed by atoms with Gasteiger partial charge in [0.05, 0.1) is 10.8 Å². The van der Waals surface area contributed by atoms with E-state index in [1.807, 2.05) is 18.4 Å². The fourth-order valence-electron chi connectivity index (χ4n) is 1.96. The van der Waals surface area contributed by atoms with Gasteiger partial charge < -0.3 is 4.57 Å². The third-order valence-electron chi connectivity index (χ3n) is 2.75. The van der Waals surface area contributed by atoms with Crippen LogP contribution >= 0.6 is 27.5 Å². The molecular weight excluding hydrogens is 348 g/mol. The summed E-state index contributed by atoms with van der Waals surface area (Å²) in [5.41, 5.74) is 0.628. The molecule has 0 saturated carbocycles. The molecule has 2 rings (SSSR count). The van der Waals surface area contributed by atoms with Gasteiger partial charge in [-0.3, -0.25) is 10.1 Å². The van der Waals surface area contributed by atoms with Gasteiger partial charge in [0, 0.05) is 28.2 Å². The highest BCUT2D eigenvalue weighted by atomic mass is 79.9. The average Bonchev–Trinajstić information content (AvgIpc) is 2.81. The van der Waals surface area contributed by atoms with Crippen LogP contribution in [0.15, 0.2) is 22.7 Å². The highest BCUT2D eigenvalue weighted by molar-refractivity contribution is 9.10. The molecule has 0 atom stereocenters. The standard InChI is InChI=1S/C12H12BrClN4O2/c1-7(2)17-11(6-14)15-16-12(17)8-3-9(13)5-10(4-8)18(19)20/h3-5,7H,6H2,1-2H3. The van der Waals surface area contributed by atoms with E-state index < -0.39 is 4.92 Å². The summed E-state index contributed by atoms with van der Waals surface area (Å²) in [6.45, 7) is 3.96. The van der Waals surface area contributed by atoms with E-state index >= 15 is 0 Å². The summed E-state index contributed by atoms with van der Waals surface area (Å²) >= 11 is 9.13. The van der Waals surface area contributed by atoms with Crippen molar-refractivity contribution in [3.63, 3.8) is 0 Å². The first-order valence-electron chi connectivity index (χ1n) is 5.89. The molecule has 0 radical (unpaired) electrons. The summed E-state index contributed by atoms with van der Waals surface area (Å²) in [5.74, 6) is 1.45. The number of alkyl halides is 1. The Kier molecular flexibility index (Phi) is 4.39. The van der Waals surface area contributed by atoms with E-state index in [9.17, 15) is 10.1 Å². The number of non-ortho nitro benzene ring substituents is 1. The summed E-state index contributed by atoms with van der Waals surface area (Å²) in [4.78, 5) is 10.5. The van der Waals surface area contributed by atoms with Gasteiger partial charge in [0.25, 0.3) is 5.69 Å². The zero-order chi connectivity index (χ0) is 14.9. The van der Waals surface area contributed by atoms with Crippen LogP contribution in [0.5, 0.6) is 0 Å². The van der Waals surface area contributed by atoms with Gasteiger partial charge in [-0.25, -0.2) is 0 Å². The number of hydrogen-bond acceptors (Lipinski definition) is 4. The number of hydrogen-bond donors (Lipinski definition) is 0. The molecule has 8 heteroatoms. The maximum Gasteiger partial charge on any atom is 0.271 e. The van der Waals surface area contributed by atoms with E-state index in [1.165, 1.54) is 12.1 Å². The minimum atomic E-state index is -0.438. The van der Waals surface area contributed by atoms with Crippen molar-refractivity contribution < 1.29 is 4.92 Å². The van der Waals surface area contributed by atoms with Crippen LogP contribution in [0.25, 0.3) is 11.4 Å². The molecule has 1 heterocycles. The minimum absolute atomic E-state index is 0.0000968. The van der Waals surface area contributed by atoms with Gasteiger partial charge in [-0.2, -0.15) is 0 Å². The maximum atomic E-state index is 10.9. The number of nitro benzene ring substituents is 1. The number of nitro groups is 1. The van der Waals surface area contributed by atoms with Gasteiger partial charge in [-0.15, -0.1) is 21.8 Å². The van der Waals surface area contributed by atoms with Crippen molar-refractivity contribution in [3.05, 3.63) is 38.6 Å². The molecule has 0 aliphatic heterocycles. The lowest BCUT2D eigenvalue weighted by Crippen LogP contribution is -2.07. The van der Waals surface area contributed by atoms with Gasteiger partial charge in [0.1, 0.15) is 5.82 Å². The Labute approximate surface area is 129 Å². The number of halogens is 2. The van der Waals surface area contributed by atoms with Crippen molar-refractivity contribution in [2.75, 3.05) is 0 Å². The predicted octanol–water partition coefficient (Wildman–Crippen LogP) is 3.94. The molecule has 0 saturated heterocycles. The molecular formula is C12H12BrClN4O2. The van der Waals surface area contributed by atoms with E-state index in [4.69, 9.17) is 11.6 Å². The van der Waals surface area contributed by atoms with E-state index in [2.05, 4.69) is 26.1 Å². The Morgan fingerprint density at radius 2 is 2.10 bits per heavy atom. The van der Waals surface area contributed by atoms with Crippen molar-refractivity contribution >= 4 is 33.2 Å². The summed E-state index contributed by atoms with van der Waals surface area (Å²) < 4.78 is 2.49. The molecule has 6 nitrogen and oxygen atoms in total. The first-order chi connectivity index (χ1) is 9.43. The zero-order valence-corrected chi connectivity index (χ0v) is 13.2. The molecule has 0 spiro atoms. The quantitative estimate of drug-likeness (QED) is 0.471. The lowest BCUT2D eigenvalue weighted by atomic mass is 10.2. The number of nitrogens with zero attached hydrogens (tertiary/aromatic N) is 4. The Morgan fingerprint density at radius 3 is 2.65 bits per heavy atom. The van der Waals surface area contributed by atoms with Crippen LogP contribution in [0.2, 0.25) is 0 Å². The first-order valence-corrected chi connectivity index (χ1v) is 7.22. The molecule has 0 amide bonds. The summed E-state index contributed by atoms with van der Waals surface area (Å²) in [6, 6.07) is 4.80. The van der Waals surface area contributed by atoms with Gasteiger partial charge >= 0.3 is 0 Å². The van der Waals surface area contributed by atoms with E-state index in [1.54, 1.807) is 6.07 Å². The third-order valence-corrected chi connectivity index (χ3v) is 3.45. The Balaban J connectivity index is 2.62. The van der Waals surface area contributed by atoms with Crippen LogP contribution in [0, 0.1) is 10.1 Å². The highest BCUT2D eigenvalue weighted by Gasteiger charge is 2.18. The monoisotopic (exact) mass is 358 g/mol. The van der Waals surface area contributed by atoms with Gasteiger partial charge in [-0.05, 0) is 19.9 Å². The summed E-state index contributed by atoms with van der Waals surface area (Å²) in [7, 11) is 0. The average molecular weight is 360 g/mol. The molecule has 0 unspecified atom stereocenters. The van der Waals surface area contributed by atoms with Gasteiger partial charge in [-0.1, -0.05) is 15.9 Å². The Bertz CT molecular complexity index is 657. The second-order valence-electron chi connectivity index (χ2n) is 4.49. The predicted molar refractivity (Wildman–Crippen MR) is 79.8 cm³/mol.